The molecule has 0 bridgehead atoms. The summed E-state index contributed by atoms with van der Waals surface area (Å²) < 4.78 is 25.9. The number of hydrogen-bond acceptors (Lipinski definition) is 12. The van der Waals surface area contributed by atoms with Crippen molar-refractivity contribution < 1.29 is 42.0 Å². The number of nitrogens with zero attached hydrogens (tertiary/aromatic N) is 4. The molecule has 3 aliphatic heterocycles. The molecular weight excluding hydrogens is 652 g/mol. The van der Waals surface area contributed by atoms with Gasteiger partial charge in [-0.3, -0.25) is 64.4 Å². The van der Waals surface area contributed by atoms with Gasteiger partial charge in [-0.1, -0.05) is 24.3 Å². The van der Waals surface area contributed by atoms with Gasteiger partial charge in [0.05, 0.1) is 27.2 Å². The lowest BCUT2D eigenvalue weighted by Crippen LogP contribution is -2.79. The Morgan fingerprint density at radius 1 is 0.771 bits per heavy atom. The van der Waals surface area contributed by atoms with Crippen molar-refractivity contribution in [2.24, 2.45) is 0 Å². The van der Waals surface area contributed by atoms with Crippen molar-refractivity contribution in [3.05, 3.63) is 103 Å². The molecule has 2 atom stereocenters. The summed E-state index contributed by atoms with van der Waals surface area (Å²) in [6, 6.07) is 14.0. The van der Waals surface area contributed by atoms with Gasteiger partial charge >= 0.3 is 0 Å². The zero-order valence-electron chi connectivity index (χ0n) is 25.0. The third-order valence-corrected chi connectivity index (χ3v) is 8.31. The normalized spacial score (nSPS) is 20.5. The van der Waals surface area contributed by atoms with Crippen LogP contribution in [0.1, 0.15) is 48.4 Å². The van der Waals surface area contributed by atoms with Crippen LogP contribution < -0.4 is 10.6 Å². The maximum Gasteiger partial charge on any atom is 0.270 e. The van der Waals surface area contributed by atoms with E-state index in [1.807, 2.05) is 0 Å². The summed E-state index contributed by atoms with van der Waals surface area (Å²) in [5, 5.41) is 30.8. The van der Waals surface area contributed by atoms with Crippen LogP contribution in [0.15, 0.2) is 60.7 Å². The summed E-state index contributed by atoms with van der Waals surface area (Å²) in [5.74, 6) is -3.15. The number of carbonyl (C=O) groups is 4. The molecule has 3 aliphatic rings. The highest BCUT2D eigenvalue weighted by Crippen LogP contribution is 2.40. The number of imide groups is 2. The third-order valence-electron chi connectivity index (χ3n) is 8.31. The van der Waals surface area contributed by atoms with Crippen molar-refractivity contribution >= 4 is 66.7 Å². The first-order valence-corrected chi connectivity index (χ1v) is 16.0. The van der Waals surface area contributed by atoms with Crippen LogP contribution in [0.4, 0.5) is 11.4 Å². The van der Waals surface area contributed by atoms with Crippen molar-refractivity contribution in [3.8, 4) is 0 Å². The molecule has 3 N–H and O–H groups in total. The van der Waals surface area contributed by atoms with E-state index in [9.17, 15) is 47.8 Å². The van der Waals surface area contributed by atoms with Gasteiger partial charge in [-0.25, -0.2) is 0 Å². The minimum Gasteiger partial charge on any atom is -0.292 e. The summed E-state index contributed by atoms with van der Waals surface area (Å²) in [6.45, 7) is 1.94. The molecule has 7 rings (SSSR count). The summed E-state index contributed by atoms with van der Waals surface area (Å²) in [6.07, 6.45) is -0.608. The topological polar surface area (TPSA) is 239 Å². The third kappa shape index (κ3) is 5.12. The number of nitrogens with one attached hydrogen (secondary N) is 2. The van der Waals surface area contributed by atoms with Crippen LogP contribution in [0.2, 0.25) is 0 Å². The molecule has 0 aromatic heterocycles. The van der Waals surface area contributed by atoms with E-state index in [1.165, 1.54) is 31.2 Å². The van der Waals surface area contributed by atoms with Crippen LogP contribution in [0.3, 0.4) is 0 Å². The number of rotatable bonds is 4. The van der Waals surface area contributed by atoms with Crippen LogP contribution in [-0.2, 0) is 10.1 Å². The standard InChI is InChI=1S/C29H20N6O8.CH4O3S/c1-29(33-26(38)19-7-3-5-15-11-17(35(42)43)13-21(23(15)19)27(33)39)28(30-8-9-31-29)32-24(36)18-6-2-4-14-10-16(34(40)41)12-20(22(14)18)25(32)37;1-5(2,3)4/h2-7,10-13,28,30-31H,8-9H2,1H3;1H3,(H,2,3,4). The molecule has 1 saturated heterocycles. The highest BCUT2D eigenvalue weighted by molar-refractivity contribution is 7.85. The average Bonchev–Trinajstić information content (AvgIpc) is 3.02. The predicted octanol–water partition coefficient (Wildman–Crippen LogP) is 2.44. The molecule has 2 unspecified atom stereocenters. The van der Waals surface area contributed by atoms with Crippen molar-refractivity contribution in [2.75, 3.05) is 19.3 Å². The zero-order chi connectivity index (χ0) is 34.9. The van der Waals surface area contributed by atoms with E-state index in [4.69, 9.17) is 4.55 Å². The van der Waals surface area contributed by atoms with E-state index in [0.29, 0.717) is 17.0 Å². The lowest BCUT2D eigenvalue weighted by molar-refractivity contribution is -0.384. The van der Waals surface area contributed by atoms with Crippen LogP contribution >= 0.6 is 0 Å². The number of nitro benzene ring substituents is 2. The number of nitro groups is 2. The van der Waals surface area contributed by atoms with Crippen LogP contribution in [-0.4, -0.2) is 87.4 Å². The highest BCUT2D eigenvalue weighted by Gasteiger charge is 2.55. The van der Waals surface area contributed by atoms with Gasteiger partial charge in [0.2, 0.25) is 0 Å². The quantitative estimate of drug-likeness (QED) is 0.122. The first kappa shape index (κ1) is 32.3. The number of non-ortho nitro benzene ring substituents is 2. The van der Waals surface area contributed by atoms with Gasteiger partial charge in [0.25, 0.3) is 45.1 Å². The number of piperazine rings is 1. The Morgan fingerprint density at radius 3 is 1.71 bits per heavy atom. The molecule has 0 aliphatic carbocycles. The number of amides is 4. The molecule has 4 amide bonds. The molecule has 246 valence electrons. The van der Waals surface area contributed by atoms with Gasteiger partial charge in [-0.05, 0) is 29.8 Å². The van der Waals surface area contributed by atoms with Gasteiger partial charge in [0, 0.05) is 59.3 Å². The van der Waals surface area contributed by atoms with Crippen molar-refractivity contribution in [1.29, 1.82) is 0 Å². The van der Waals surface area contributed by atoms with Crippen molar-refractivity contribution in [3.63, 3.8) is 0 Å². The largest absolute Gasteiger partial charge is 0.292 e. The van der Waals surface area contributed by atoms with Crippen molar-refractivity contribution in [2.45, 2.75) is 18.8 Å². The molecule has 17 nitrogen and oxygen atoms in total. The number of hydrogen-bond donors (Lipinski definition) is 3. The number of benzene rings is 4. The maximum atomic E-state index is 14.1. The Balaban J connectivity index is 0.000000749. The molecule has 18 heteroatoms. The van der Waals surface area contributed by atoms with E-state index < -0.39 is 55.4 Å². The molecule has 4 aromatic rings. The van der Waals surface area contributed by atoms with Gasteiger partial charge in [-0.2, -0.15) is 8.42 Å². The first-order chi connectivity index (χ1) is 22.5. The summed E-state index contributed by atoms with van der Waals surface area (Å²) in [5.41, 5.74) is -2.33. The van der Waals surface area contributed by atoms with E-state index in [1.54, 1.807) is 24.3 Å². The SMILES string of the molecule is CC1(N2C(=O)c3cccc4cc([N+](=O)[O-])cc(c34)C2=O)NCCNC1N1C(=O)c2cccc3cc([N+](=O)[O-])cc(c23)C1=O.CS(=O)(=O)O. The molecule has 0 saturated carbocycles. The fourth-order valence-electron chi connectivity index (χ4n) is 6.43. The molecule has 0 radical (unpaired) electrons. The van der Waals surface area contributed by atoms with Gasteiger partial charge < -0.3 is 0 Å². The van der Waals surface area contributed by atoms with E-state index in [-0.39, 0.29) is 57.5 Å². The molecule has 3 heterocycles. The first-order valence-electron chi connectivity index (χ1n) is 14.1. The molecular formula is C30H24N6O11S. The molecule has 48 heavy (non-hydrogen) atoms. The minimum atomic E-state index is -3.67. The average molecular weight is 677 g/mol. The second-order valence-electron chi connectivity index (χ2n) is 11.4. The lowest BCUT2D eigenvalue weighted by Gasteiger charge is -2.52. The molecule has 1 fully saturated rings. The predicted molar refractivity (Wildman–Crippen MR) is 168 cm³/mol. The maximum absolute atomic E-state index is 14.1. The smallest absolute Gasteiger partial charge is 0.270 e. The molecule has 0 spiro atoms. The van der Waals surface area contributed by atoms with Crippen molar-refractivity contribution in [1.82, 2.24) is 20.4 Å². The van der Waals surface area contributed by atoms with Gasteiger partial charge in [0.1, 0.15) is 11.8 Å². The Labute approximate surface area is 270 Å². The zero-order valence-corrected chi connectivity index (χ0v) is 25.8. The Morgan fingerprint density at radius 2 is 1.21 bits per heavy atom. The van der Waals surface area contributed by atoms with E-state index >= 15 is 0 Å². The monoisotopic (exact) mass is 676 g/mol. The Bertz CT molecular complexity index is 2270. The van der Waals surface area contributed by atoms with Gasteiger partial charge in [0.15, 0.2) is 0 Å². The fraction of sp³-hybridized carbons (Fsp3) is 0.200. The Kier molecular flexibility index (Phi) is 7.55. The van der Waals surface area contributed by atoms with Crippen LogP contribution in [0, 0.1) is 20.2 Å². The second kappa shape index (κ2) is 11.2. The highest BCUT2D eigenvalue weighted by atomic mass is 32.2. The molecule has 4 aromatic carbocycles. The van der Waals surface area contributed by atoms with E-state index in [2.05, 4.69) is 10.6 Å². The van der Waals surface area contributed by atoms with Crippen LogP contribution in [0.25, 0.3) is 21.5 Å². The fourth-order valence-corrected chi connectivity index (χ4v) is 6.43. The summed E-state index contributed by atoms with van der Waals surface area (Å²) in [4.78, 5) is 80.0. The lowest BCUT2D eigenvalue weighted by atomic mass is 9.88. The second-order valence-corrected chi connectivity index (χ2v) is 12.9. The summed E-state index contributed by atoms with van der Waals surface area (Å²) in [7, 11) is -3.67. The van der Waals surface area contributed by atoms with Crippen LogP contribution in [0.5, 0.6) is 0 Å². The number of carbonyl (C=O) groups excluding carboxylic acids is 4. The Hall–Kier alpha value is -5.69. The minimum absolute atomic E-state index is 0.0730. The summed E-state index contributed by atoms with van der Waals surface area (Å²) >= 11 is 0. The van der Waals surface area contributed by atoms with E-state index in [0.717, 1.165) is 21.9 Å². The van der Waals surface area contributed by atoms with Gasteiger partial charge in [-0.15, -0.1) is 0 Å².